The zero-order chi connectivity index (χ0) is 111. The standard InChI is InChI=1S/C25H36NO9PS.2C23H37N4O9PS.C20H26F3N2O7PS/c1-17(27)37-14-6-8-19(28)7-5-9-22(29)23-25(2,3)16-33-36(31,35-23)34-20-12-10-18(11-13-20)15-21(26)24(30)32-4;2*1-15(28)38-11-10-24-18(29)8-9-25-20(30)19-23(5,6)13-34-37(32,36-19)35-14-33-21(31)16-12-17(22(2,3)4)26-27(16)7;1-13(26)34-11-10-24-16(27)8-9-25-18(28)17-19(2,3)12-30-33(29,32-17)31-15-6-4-14(5-7-15)20(21,22)23/h10-13,21,23H,5-9,14-16,26H2,1-4H3;2*12,19H,8-11,13-14H2,1-7H3,(H,24,29)(H,25,30);4-7,17H,8-12H2,1-3H3,(H,24,27)(H,25,28)/t21-,23-,36?;19-,37+;19-,37-;17-,33?/m0000/s1. The Kier molecular flexibility index (Phi) is 51.1. The predicted molar refractivity (Wildman–Crippen MR) is 536 cm³/mol. The highest BCUT2D eigenvalue weighted by Gasteiger charge is 2.54. The molecule has 56 heteroatoms. The van der Waals surface area contributed by atoms with Crippen molar-refractivity contribution in [1.82, 2.24) is 51.5 Å². The maximum absolute atomic E-state index is 13.2. The van der Waals surface area contributed by atoms with Gasteiger partial charge in [0.25, 0.3) is 5.91 Å². The maximum atomic E-state index is 13.2. The van der Waals surface area contributed by atoms with Crippen LogP contribution < -0.4 is 46.7 Å². The normalized spacial score (nSPS) is 21.4. The van der Waals surface area contributed by atoms with E-state index in [2.05, 4.69) is 46.8 Å². The van der Waals surface area contributed by atoms with Crippen LogP contribution in [0.1, 0.15) is 219 Å². The van der Waals surface area contributed by atoms with E-state index in [0.717, 1.165) is 65.1 Å². The van der Waals surface area contributed by atoms with Crippen LogP contribution in [0.5, 0.6) is 11.5 Å². The molecule has 147 heavy (non-hydrogen) atoms. The molecule has 4 fully saturated rings. The Labute approximate surface area is 868 Å². The summed E-state index contributed by atoms with van der Waals surface area (Å²) < 4.78 is 172. The Morgan fingerprint density at radius 3 is 1.10 bits per heavy atom. The number of halogens is 3. The summed E-state index contributed by atoms with van der Waals surface area (Å²) >= 11 is 4.49. The molecular weight excluding hydrogens is 2100 g/mol. The number of aromatic nitrogens is 4. The molecule has 6 heterocycles. The molecule has 0 spiro atoms. The number of methoxy groups -OCH3 is 1. The molecule has 0 aliphatic carbocycles. The number of nitrogens with one attached hydrogen (secondary N) is 6. The lowest BCUT2D eigenvalue weighted by Gasteiger charge is -2.39. The number of phosphoric acid groups is 4. The second kappa shape index (κ2) is 58.3. The number of Topliss-reactive ketones (excluding diaryl/α,β-unsaturated/α-hetero) is 2. The average Bonchev–Trinajstić information content (AvgIpc) is 1.06. The molecule has 4 aromatic rings. The van der Waals surface area contributed by atoms with E-state index in [1.807, 2.05) is 41.5 Å². The summed E-state index contributed by atoms with van der Waals surface area (Å²) in [7, 11) is -12.4. The largest absolute Gasteiger partial charge is 0.530 e. The van der Waals surface area contributed by atoms with Crippen LogP contribution in [-0.2, 0) is 178 Å². The van der Waals surface area contributed by atoms with E-state index < -0.39 is 144 Å². The van der Waals surface area contributed by atoms with Crippen molar-refractivity contribution in [1.29, 1.82) is 0 Å². The number of benzene rings is 2. The third kappa shape index (κ3) is 45.4. The van der Waals surface area contributed by atoms with Crippen molar-refractivity contribution >= 4 is 164 Å². The number of ether oxygens (including phenoxy) is 3. The van der Waals surface area contributed by atoms with E-state index in [1.54, 1.807) is 106 Å². The van der Waals surface area contributed by atoms with Gasteiger partial charge in [-0.05, 0) is 73.4 Å². The first-order valence-electron chi connectivity index (χ1n) is 46.3. The first kappa shape index (κ1) is 129. The van der Waals surface area contributed by atoms with Gasteiger partial charge < -0.3 is 60.9 Å². The molecule has 8 rings (SSSR count). The van der Waals surface area contributed by atoms with E-state index in [1.165, 1.54) is 55.9 Å². The van der Waals surface area contributed by atoms with Crippen LogP contribution in [0.2, 0.25) is 0 Å². The Morgan fingerprint density at radius 2 is 0.769 bits per heavy atom. The van der Waals surface area contributed by atoms with Crippen LogP contribution >= 0.6 is 78.3 Å². The number of nitrogens with two attached hydrogens (primary N) is 1. The first-order valence-corrected chi connectivity index (χ1v) is 56.1. The number of nitrogens with zero attached hydrogens (tertiary/aromatic N) is 4. The highest BCUT2D eigenvalue weighted by molar-refractivity contribution is 8.14. The summed E-state index contributed by atoms with van der Waals surface area (Å²) in [5, 5.41) is 24.1. The molecule has 4 saturated heterocycles. The van der Waals surface area contributed by atoms with E-state index in [9.17, 15) is 103 Å². The lowest BCUT2D eigenvalue weighted by molar-refractivity contribution is -0.143. The lowest BCUT2D eigenvalue weighted by Crippen LogP contribution is -2.50. The number of alkyl halides is 3. The fraction of sp³-hybridized carbons (Fsp3) is 0.637. The number of thioether (sulfide) groups is 4. The maximum Gasteiger partial charge on any atom is 0.530 e. The third-order valence-corrected chi connectivity index (χ3v) is 29.8. The van der Waals surface area contributed by atoms with Crippen LogP contribution in [-0.4, -0.2) is 245 Å². The molecular formula is C91H136F3N11O34P4S4. The smallest absolute Gasteiger partial charge is 0.468 e. The number of rotatable bonds is 45. The summed E-state index contributed by atoms with van der Waals surface area (Å²) in [5.74, 6) is -3.02. The first-order chi connectivity index (χ1) is 68.1. The minimum absolute atomic E-state index is 0.00911. The molecule has 2 aromatic heterocycles. The van der Waals surface area contributed by atoms with Gasteiger partial charge in [0.1, 0.15) is 40.8 Å². The lowest BCUT2D eigenvalue weighted by atomic mass is 9.84. The Morgan fingerprint density at radius 1 is 0.449 bits per heavy atom. The number of ketones is 2. The van der Waals surface area contributed by atoms with Gasteiger partial charge in [-0.3, -0.25) is 108 Å². The van der Waals surface area contributed by atoms with Gasteiger partial charge in [-0.15, -0.1) is 0 Å². The minimum Gasteiger partial charge on any atom is -0.468 e. The second-order valence-corrected chi connectivity index (χ2v) is 49.8. The topological polar surface area (TPSA) is 597 Å². The van der Waals surface area contributed by atoms with E-state index in [0.29, 0.717) is 73.3 Å². The summed E-state index contributed by atoms with van der Waals surface area (Å²) in [6.07, 6.45) is -7.32. The highest BCUT2D eigenvalue weighted by Crippen LogP contribution is 2.61. The summed E-state index contributed by atoms with van der Waals surface area (Å²) in [6.45, 7) is 30.2. The van der Waals surface area contributed by atoms with E-state index >= 15 is 0 Å². The molecule has 2 aromatic carbocycles. The number of phosphoric ester groups is 4. The molecule has 9 atom stereocenters. The van der Waals surface area contributed by atoms with E-state index in [4.69, 9.17) is 69.5 Å². The fourth-order valence-electron chi connectivity index (χ4n) is 12.8. The van der Waals surface area contributed by atoms with Crippen molar-refractivity contribution in [2.75, 3.05) is 109 Å². The van der Waals surface area contributed by atoms with Crippen LogP contribution in [0.25, 0.3) is 0 Å². The molecule has 4 aliphatic heterocycles. The number of carbonyl (C=O) groups is 15. The molecule has 0 radical (unpaired) electrons. The van der Waals surface area contributed by atoms with Gasteiger partial charge in [-0.2, -0.15) is 23.4 Å². The fourth-order valence-corrected chi connectivity index (χ4v) is 21.3. The Hall–Kier alpha value is -8.62. The zero-order valence-electron chi connectivity index (χ0n) is 86.1. The van der Waals surface area contributed by atoms with Crippen LogP contribution in [0.15, 0.2) is 60.7 Å². The van der Waals surface area contributed by atoms with Gasteiger partial charge in [0.2, 0.25) is 43.1 Å². The van der Waals surface area contributed by atoms with Gasteiger partial charge in [-0.1, -0.05) is 156 Å². The number of aryl methyl sites for hydroxylation is 2. The molecule has 4 aliphatic rings. The molecule has 0 saturated carbocycles. The van der Waals surface area contributed by atoms with Gasteiger partial charge >= 0.3 is 55.4 Å². The number of hydrogen-bond donors (Lipinski definition) is 7. The third-order valence-electron chi connectivity index (χ3n) is 21.1. The Balaban J connectivity index is 0.000000345. The number of hydrogen-bond acceptors (Lipinski definition) is 41. The van der Waals surface area contributed by atoms with Crippen molar-refractivity contribution in [3.8, 4) is 11.5 Å². The molecule has 45 nitrogen and oxygen atoms in total. The average molecular weight is 2240 g/mol. The molecule has 2 unspecified atom stereocenters. The highest BCUT2D eigenvalue weighted by atomic mass is 32.2. The minimum atomic E-state index is -4.54. The quantitative estimate of drug-likeness (QED) is 0.00710. The predicted octanol–water partition coefficient (Wildman–Crippen LogP) is 12.2. The second-order valence-electron chi connectivity index (χ2n) is 38.4. The Bertz CT molecular complexity index is 5260. The number of esters is 3. The summed E-state index contributed by atoms with van der Waals surface area (Å²) in [5.41, 5.74) is 3.44. The van der Waals surface area contributed by atoms with Gasteiger partial charge in [0.15, 0.2) is 44.6 Å². The van der Waals surface area contributed by atoms with Gasteiger partial charge in [0, 0.05) is 175 Å². The van der Waals surface area contributed by atoms with Crippen LogP contribution in [0.3, 0.4) is 0 Å². The van der Waals surface area contributed by atoms with Crippen molar-refractivity contribution in [3.63, 3.8) is 0 Å². The summed E-state index contributed by atoms with van der Waals surface area (Å²) in [6, 6.07) is 12.3. The van der Waals surface area contributed by atoms with Gasteiger partial charge in [-0.25, -0.2) is 36.9 Å². The van der Waals surface area contributed by atoms with Gasteiger partial charge in [0.05, 0.1) is 50.5 Å². The monoisotopic (exact) mass is 2240 g/mol. The van der Waals surface area contributed by atoms with Crippen molar-refractivity contribution in [3.05, 3.63) is 94.6 Å². The SMILES string of the molecule is CC(=O)SCCNC(=O)CCNC(=O)[C@@H]1OP(=O)(Oc2ccc(C(F)(F)F)cc2)OCC1(C)C.CC(=O)SCCNC(=O)CCNC(=O)[C@@H]1O[P@@](=O)(OCOC(=O)c2cc(C(C)(C)C)nn2C)OCC1(C)C.CC(=O)SCCNC(=O)CCNC(=O)[C@@H]1O[P@](=O)(OCOC(=O)c2cc(C(C)(C)C)nn2C)OCC1(C)C.COC(=O)[C@@H](N)Cc1ccc(OP2(=O)OCC(C)(C)[C@H](C(=O)CCCC(=O)CCCSC(C)=O)O2)cc1. The van der Waals surface area contributed by atoms with Crippen LogP contribution in [0, 0.1) is 21.7 Å². The number of carbonyl (C=O) groups excluding carboxylic acids is 15. The zero-order valence-corrected chi connectivity index (χ0v) is 93.0. The van der Waals surface area contributed by atoms with Crippen molar-refractivity contribution in [2.45, 2.75) is 230 Å². The molecule has 8 N–H and O–H groups in total. The van der Waals surface area contributed by atoms with Crippen molar-refractivity contribution in [2.24, 2.45) is 41.5 Å². The molecule has 824 valence electrons. The van der Waals surface area contributed by atoms with E-state index in [-0.39, 0.29) is 168 Å². The van der Waals surface area contributed by atoms with Crippen molar-refractivity contribution < 1.29 is 172 Å². The molecule has 0 bridgehead atoms. The number of amides is 6. The van der Waals surface area contributed by atoms with Crippen LogP contribution in [0.4, 0.5) is 13.2 Å². The summed E-state index contributed by atoms with van der Waals surface area (Å²) in [4.78, 5) is 179. The molecule has 6 amide bonds.